The van der Waals surface area contributed by atoms with Crippen LogP contribution in [-0.4, -0.2) is 15.9 Å². The van der Waals surface area contributed by atoms with Crippen molar-refractivity contribution in [2.75, 3.05) is 5.32 Å². The van der Waals surface area contributed by atoms with E-state index in [9.17, 15) is 4.79 Å². The zero-order valence-electron chi connectivity index (χ0n) is 14.2. The molecule has 3 aromatic rings. The maximum Gasteiger partial charge on any atom is 0.270 e. The van der Waals surface area contributed by atoms with Gasteiger partial charge in [-0.15, -0.1) is 0 Å². The number of para-hydroxylation sites is 1. The van der Waals surface area contributed by atoms with Crippen LogP contribution in [0.15, 0.2) is 66.7 Å². The van der Waals surface area contributed by atoms with Crippen LogP contribution >= 0.6 is 0 Å². The standard InChI is InChI=1S/C20H20N4O/c1-14-13-18(19(25)22-15(2)16-9-5-3-6-10-16)24-20(21-14)23-17-11-7-4-8-12-17/h3-13,15H,1-2H3,(H,22,25)(H,21,23,24). The number of carbonyl (C=O) groups excluding carboxylic acids is 1. The number of hydrogen-bond donors (Lipinski definition) is 2. The molecule has 0 aliphatic carbocycles. The Labute approximate surface area is 147 Å². The molecule has 0 fully saturated rings. The Hall–Kier alpha value is -3.21. The normalized spacial score (nSPS) is 11.6. The third kappa shape index (κ3) is 4.41. The fraction of sp³-hybridized carbons (Fsp3) is 0.150. The van der Waals surface area contributed by atoms with Gasteiger partial charge < -0.3 is 10.6 Å². The Kier molecular flexibility index (Phi) is 5.04. The number of hydrogen-bond acceptors (Lipinski definition) is 4. The van der Waals surface area contributed by atoms with E-state index in [2.05, 4.69) is 20.6 Å². The van der Waals surface area contributed by atoms with Gasteiger partial charge in [-0.1, -0.05) is 48.5 Å². The molecule has 2 aromatic carbocycles. The molecule has 126 valence electrons. The van der Waals surface area contributed by atoms with Gasteiger partial charge >= 0.3 is 0 Å². The number of anilines is 2. The minimum atomic E-state index is -0.224. The molecule has 1 aromatic heterocycles. The second-order valence-electron chi connectivity index (χ2n) is 5.82. The maximum absolute atomic E-state index is 12.6. The predicted molar refractivity (Wildman–Crippen MR) is 98.8 cm³/mol. The average molecular weight is 332 g/mol. The first kappa shape index (κ1) is 16.6. The van der Waals surface area contributed by atoms with Gasteiger partial charge in [0, 0.05) is 11.4 Å². The number of nitrogens with one attached hydrogen (secondary N) is 2. The summed E-state index contributed by atoms with van der Waals surface area (Å²) in [5.74, 6) is 0.182. The molecule has 3 rings (SSSR count). The van der Waals surface area contributed by atoms with Gasteiger partial charge in [0.25, 0.3) is 5.91 Å². The Bertz CT molecular complexity index is 850. The fourth-order valence-electron chi connectivity index (χ4n) is 2.49. The molecule has 1 heterocycles. The first-order valence-electron chi connectivity index (χ1n) is 8.15. The number of nitrogens with zero attached hydrogens (tertiary/aromatic N) is 2. The van der Waals surface area contributed by atoms with Gasteiger partial charge in [0.1, 0.15) is 5.69 Å². The number of aryl methyl sites for hydroxylation is 1. The molecular weight excluding hydrogens is 312 g/mol. The summed E-state index contributed by atoms with van der Waals surface area (Å²) in [5.41, 5.74) is 2.99. The minimum Gasteiger partial charge on any atom is -0.344 e. The zero-order valence-corrected chi connectivity index (χ0v) is 14.2. The first-order valence-corrected chi connectivity index (χ1v) is 8.15. The maximum atomic E-state index is 12.6. The number of benzene rings is 2. The molecule has 0 radical (unpaired) electrons. The van der Waals surface area contributed by atoms with E-state index in [1.54, 1.807) is 6.07 Å². The summed E-state index contributed by atoms with van der Waals surface area (Å²) >= 11 is 0. The number of amides is 1. The molecule has 0 bridgehead atoms. The molecule has 1 unspecified atom stereocenters. The van der Waals surface area contributed by atoms with Gasteiger partial charge in [0.2, 0.25) is 5.95 Å². The Balaban J connectivity index is 1.76. The second kappa shape index (κ2) is 7.57. The molecular formula is C20H20N4O. The summed E-state index contributed by atoms with van der Waals surface area (Å²) in [6.45, 7) is 3.79. The highest BCUT2D eigenvalue weighted by Crippen LogP contribution is 2.15. The molecule has 5 heteroatoms. The second-order valence-corrected chi connectivity index (χ2v) is 5.82. The number of carbonyl (C=O) groups is 1. The predicted octanol–water partition coefficient (Wildman–Crippen LogP) is 4.02. The van der Waals surface area contributed by atoms with Crippen molar-refractivity contribution in [1.29, 1.82) is 0 Å². The van der Waals surface area contributed by atoms with Crippen LogP contribution in [-0.2, 0) is 0 Å². The summed E-state index contributed by atoms with van der Waals surface area (Å²) in [5, 5.41) is 6.10. The molecule has 1 atom stereocenters. The fourth-order valence-corrected chi connectivity index (χ4v) is 2.49. The Morgan fingerprint density at radius 1 is 0.960 bits per heavy atom. The van der Waals surface area contributed by atoms with E-state index in [-0.39, 0.29) is 11.9 Å². The molecule has 0 saturated heterocycles. The lowest BCUT2D eigenvalue weighted by molar-refractivity contribution is 0.0934. The largest absolute Gasteiger partial charge is 0.344 e. The van der Waals surface area contributed by atoms with E-state index in [1.165, 1.54) is 0 Å². The van der Waals surface area contributed by atoms with Crippen molar-refractivity contribution in [1.82, 2.24) is 15.3 Å². The van der Waals surface area contributed by atoms with Gasteiger partial charge in [-0.3, -0.25) is 4.79 Å². The van der Waals surface area contributed by atoms with Gasteiger partial charge in [0.15, 0.2) is 0 Å². The lowest BCUT2D eigenvalue weighted by Gasteiger charge is -2.14. The summed E-state index contributed by atoms with van der Waals surface area (Å²) in [4.78, 5) is 21.2. The van der Waals surface area contributed by atoms with Crippen molar-refractivity contribution in [3.63, 3.8) is 0 Å². The van der Waals surface area contributed by atoms with Gasteiger partial charge in [-0.2, -0.15) is 0 Å². The van der Waals surface area contributed by atoms with Crippen LogP contribution in [0.25, 0.3) is 0 Å². The van der Waals surface area contributed by atoms with Crippen LogP contribution in [0.3, 0.4) is 0 Å². The van der Waals surface area contributed by atoms with Crippen molar-refractivity contribution >= 4 is 17.5 Å². The highest BCUT2D eigenvalue weighted by atomic mass is 16.1. The highest BCUT2D eigenvalue weighted by Gasteiger charge is 2.14. The highest BCUT2D eigenvalue weighted by molar-refractivity contribution is 5.93. The topological polar surface area (TPSA) is 66.9 Å². The first-order chi connectivity index (χ1) is 12.1. The molecule has 0 aliphatic rings. The molecule has 1 amide bonds. The molecule has 25 heavy (non-hydrogen) atoms. The van der Waals surface area contributed by atoms with Crippen LogP contribution in [0.4, 0.5) is 11.6 Å². The molecule has 0 saturated carbocycles. The van der Waals surface area contributed by atoms with Crippen molar-refractivity contribution < 1.29 is 4.79 Å². The van der Waals surface area contributed by atoms with Crippen molar-refractivity contribution in [2.45, 2.75) is 19.9 Å². The third-order valence-electron chi connectivity index (χ3n) is 3.76. The number of aromatic nitrogens is 2. The van der Waals surface area contributed by atoms with Crippen LogP contribution in [0.5, 0.6) is 0 Å². The van der Waals surface area contributed by atoms with E-state index in [4.69, 9.17) is 0 Å². The van der Waals surface area contributed by atoms with Crippen molar-refractivity contribution in [3.8, 4) is 0 Å². The van der Waals surface area contributed by atoms with Crippen LogP contribution in [0.1, 0.15) is 34.7 Å². The van der Waals surface area contributed by atoms with Gasteiger partial charge in [-0.25, -0.2) is 9.97 Å². The third-order valence-corrected chi connectivity index (χ3v) is 3.76. The van der Waals surface area contributed by atoms with Crippen LogP contribution in [0.2, 0.25) is 0 Å². The van der Waals surface area contributed by atoms with Crippen LogP contribution in [0, 0.1) is 6.92 Å². The monoisotopic (exact) mass is 332 g/mol. The van der Waals surface area contributed by atoms with Crippen LogP contribution < -0.4 is 10.6 Å². The van der Waals surface area contributed by atoms with E-state index < -0.39 is 0 Å². The van der Waals surface area contributed by atoms with Gasteiger partial charge in [0.05, 0.1) is 6.04 Å². The summed E-state index contributed by atoms with van der Waals surface area (Å²) in [6, 6.07) is 21.0. The lowest BCUT2D eigenvalue weighted by Crippen LogP contribution is -2.27. The van der Waals surface area contributed by atoms with E-state index in [0.717, 1.165) is 16.9 Å². The quantitative estimate of drug-likeness (QED) is 0.740. The minimum absolute atomic E-state index is 0.102. The van der Waals surface area contributed by atoms with E-state index in [0.29, 0.717) is 11.6 Å². The summed E-state index contributed by atoms with van der Waals surface area (Å²) in [7, 11) is 0. The SMILES string of the molecule is Cc1cc(C(=O)NC(C)c2ccccc2)nc(Nc2ccccc2)n1. The van der Waals surface area contributed by atoms with E-state index in [1.807, 2.05) is 74.5 Å². The van der Waals surface area contributed by atoms with E-state index >= 15 is 0 Å². The molecule has 2 N–H and O–H groups in total. The molecule has 0 spiro atoms. The van der Waals surface area contributed by atoms with Gasteiger partial charge in [-0.05, 0) is 37.6 Å². The lowest BCUT2D eigenvalue weighted by atomic mass is 10.1. The molecule has 0 aliphatic heterocycles. The average Bonchev–Trinajstić information content (AvgIpc) is 2.62. The van der Waals surface area contributed by atoms with Crippen molar-refractivity contribution in [3.05, 3.63) is 83.7 Å². The molecule has 5 nitrogen and oxygen atoms in total. The summed E-state index contributed by atoms with van der Waals surface area (Å²) in [6.07, 6.45) is 0. The Morgan fingerprint density at radius 3 is 2.28 bits per heavy atom. The summed E-state index contributed by atoms with van der Waals surface area (Å²) < 4.78 is 0. The number of rotatable bonds is 5. The zero-order chi connectivity index (χ0) is 17.6. The van der Waals surface area contributed by atoms with Crippen molar-refractivity contribution in [2.24, 2.45) is 0 Å². The smallest absolute Gasteiger partial charge is 0.270 e. The Morgan fingerprint density at radius 2 is 1.60 bits per heavy atom.